The summed E-state index contributed by atoms with van der Waals surface area (Å²) < 4.78 is 0. The lowest BCUT2D eigenvalue weighted by molar-refractivity contribution is -0.128. The summed E-state index contributed by atoms with van der Waals surface area (Å²) >= 11 is 0. The van der Waals surface area contributed by atoms with E-state index in [0.717, 1.165) is 64.6 Å². The Labute approximate surface area is 121 Å². The smallest absolute Gasteiger partial charge is 0.237 e. The number of rotatable bonds is 4. The van der Waals surface area contributed by atoms with E-state index in [0.29, 0.717) is 12.6 Å². The summed E-state index contributed by atoms with van der Waals surface area (Å²) in [5.41, 5.74) is -0.617. The second-order valence-electron chi connectivity index (χ2n) is 6.67. The molecule has 1 aliphatic carbocycles. The molecule has 3 N–H and O–H groups in total. The zero-order valence-corrected chi connectivity index (χ0v) is 12.2. The first kappa shape index (κ1) is 14.3. The fourth-order valence-electron chi connectivity index (χ4n) is 3.78. The molecule has 20 heavy (non-hydrogen) atoms. The Morgan fingerprint density at radius 1 is 1.25 bits per heavy atom. The van der Waals surface area contributed by atoms with Crippen LogP contribution in [0.5, 0.6) is 0 Å². The summed E-state index contributed by atoms with van der Waals surface area (Å²) in [7, 11) is 0. The molecule has 2 saturated heterocycles. The quantitative estimate of drug-likeness (QED) is 0.690. The van der Waals surface area contributed by atoms with E-state index in [2.05, 4.69) is 15.5 Å². The average Bonchev–Trinajstić information content (AvgIpc) is 2.93. The average molecular weight is 281 g/mol. The van der Waals surface area contributed by atoms with E-state index < -0.39 is 5.60 Å². The third-order valence-electron chi connectivity index (χ3n) is 5.25. The van der Waals surface area contributed by atoms with Crippen LogP contribution in [-0.4, -0.2) is 59.8 Å². The van der Waals surface area contributed by atoms with Gasteiger partial charge in [-0.1, -0.05) is 0 Å². The zero-order valence-electron chi connectivity index (χ0n) is 12.2. The van der Waals surface area contributed by atoms with Gasteiger partial charge in [-0.2, -0.15) is 0 Å². The van der Waals surface area contributed by atoms with Gasteiger partial charge in [0.2, 0.25) is 5.91 Å². The highest BCUT2D eigenvalue weighted by atomic mass is 16.3. The molecular weight excluding hydrogens is 254 g/mol. The molecular formula is C15H27N3O2. The van der Waals surface area contributed by atoms with Gasteiger partial charge in [0.1, 0.15) is 0 Å². The molecule has 3 aliphatic rings. The Kier molecular flexibility index (Phi) is 4.29. The Bertz CT molecular complexity index is 351. The van der Waals surface area contributed by atoms with E-state index in [9.17, 15) is 9.90 Å². The van der Waals surface area contributed by atoms with Crippen molar-refractivity contribution in [2.75, 3.05) is 26.2 Å². The summed E-state index contributed by atoms with van der Waals surface area (Å²) in [5, 5.41) is 16.5. The molecule has 3 rings (SSSR count). The van der Waals surface area contributed by atoms with E-state index in [1.807, 2.05) is 0 Å². The predicted octanol–water partition coefficient (Wildman–Crippen LogP) is 0.234. The lowest BCUT2D eigenvalue weighted by Crippen LogP contribution is -2.54. The number of nitrogens with one attached hydrogen (secondary N) is 2. The number of carbonyl (C=O) groups excluding carboxylic acids is 1. The molecule has 0 aromatic rings. The summed E-state index contributed by atoms with van der Waals surface area (Å²) in [6, 6.07) is 0.586. The van der Waals surface area contributed by atoms with Crippen LogP contribution in [0.3, 0.4) is 0 Å². The van der Waals surface area contributed by atoms with E-state index >= 15 is 0 Å². The molecule has 5 nitrogen and oxygen atoms in total. The second kappa shape index (κ2) is 6.00. The van der Waals surface area contributed by atoms with Crippen molar-refractivity contribution in [3.63, 3.8) is 0 Å². The first-order valence-corrected chi connectivity index (χ1v) is 8.15. The standard InChI is InChI=1S/C15H27N3O2/c19-14(17-11-15(20)6-2-7-15)13-3-1-10-18(13)12-4-8-16-9-5-12/h12-13,16,20H,1-11H2,(H,17,19). The number of carbonyl (C=O) groups is 1. The first-order chi connectivity index (χ1) is 9.68. The van der Waals surface area contributed by atoms with Crippen LogP contribution in [0.1, 0.15) is 44.9 Å². The lowest BCUT2D eigenvalue weighted by atomic mass is 9.80. The van der Waals surface area contributed by atoms with Crippen LogP contribution in [0.2, 0.25) is 0 Å². The number of nitrogens with zero attached hydrogens (tertiary/aromatic N) is 1. The van der Waals surface area contributed by atoms with Gasteiger partial charge in [-0.3, -0.25) is 9.69 Å². The van der Waals surface area contributed by atoms with Crippen LogP contribution in [0.25, 0.3) is 0 Å². The van der Waals surface area contributed by atoms with Crippen LogP contribution in [0.15, 0.2) is 0 Å². The highest BCUT2D eigenvalue weighted by Gasteiger charge is 2.38. The second-order valence-corrected chi connectivity index (χ2v) is 6.67. The molecule has 3 fully saturated rings. The van der Waals surface area contributed by atoms with Crippen molar-refractivity contribution in [3.8, 4) is 0 Å². The Balaban J connectivity index is 1.52. The van der Waals surface area contributed by atoms with E-state index in [1.54, 1.807) is 0 Å². The Hall–Kier alpha value is -0.650. The minimum atomic E-state index is -0.617. The van der Waals surface area contributed by atoms with Gasteiger partial charge in [0, 0.05) is 12.6 Å². The van der Waals surface area contributed by atoms with Crippen molar-refractivity contribution in [3.05, 3.63) is 0 Å². The minimum absolute atomic E-state index is 0.0294. The lowest BCUT2D eigenvalue weighted by Gasteiger charge is -2.38. The number of hydrogen-bond acceptors (Lipinski definition) is 4. The van der Waals surface area contributed by atoms with Crippen LogP contribution >= 0.6 is 0 Å². The van der Waals surface area contributed by atoms with Crippen molar-refractivity contribution in [1.82, 2.24) is 15.5 Å². The zero-order chi connectivity index (χ0) is 14.0. The monoisotopic (exact) mass is 281 g/mol. The van der Waals surface area contributed by atoms with Crippen LogP contribution in [0, 0.1) is 0 Å². The van der Waals surface area contributed by atoms with Gasteiger partial charge < -0.3 is 15.7 Å². The molecule has 0 radical (unpaired) electrons. The van der Waals surface area contributed by atoms with Gasteiger partial charge in [-0.05, 0) is 64.6 Å². The van der Waals surface area contributed by atoms with E-state index in [4.69, 9.17) is 0 Å². The van der Waals surface area contributed by atoms with Crippen LogP contribution < -0.4 is 10.6 Å². The molecule has 2 aliphatic heterocycles. The normalized spacial score (nSPS) is 30.9. The van der Waals surface area contributed by atoms with Crippen molar-refractivity contribution >= 4 is 5.91 Å². The third-order valence-corrected chi connectivity index (χ3v) is 5.25. The van der Waals surface area contributed by atoms with Crippen LogP contribution in [-0.2, 0) is 4.79 Å². The highest BCUT2D eigenvalue weighted by molar-refractivity contribution is 5.82. The van der Waals surface area contributed by atoms with Crippen molar-refractivity contribution in [1.29, 1.82) is 0 Å². The summed E-state index contributed by atoms with van der Waals surface area (Å²) in [4.78, 5) is 14.8. The number of piperidine rings is 1. The van der Waals surface area contributed by atoms with Gasteiger partial charge in [-0.25, -0.2) is 0 Å². The van der Waals surface area contributed by atoms with Crippen molar-refractivity contribution in [2.45, 2.75) is 62.6 Å². The maximum Gasteiger partial charge on any atom is 0.237 e. The molecule has 0 spiro atoms. The number of likely N-dealkylation sites (tertiary alicyclic amines) is 1. The van der Waals surface area contributed by atoms with E-state index in [-0.39, 0.29) is 11.9 Å². The molecule has 114 valence electrons. The summed E-state index contributed by atoms with van der Waals surface area (Å²) in [6.45, 7) is 3.61. The summed E-state index contributed by atoms with van der Waals surface area (Å²) in [5.74, 6) is 0.126. The number of aliphatic hydroxyl groups is 1. The highest BCUT2D eigenvalue weighted by Crippen LogP contribution is 2.31. The van der Waals surface area contributed by atoms with Gasteiger partial charge in [0.05, 0.1) is 11.6 Å². The Morgan fingerprint density at radius 2 is 2.00 bits per heavy atom. The van der Waals surface area contributed by atoms with Gasteiger partial charge >= 0.3 is 0 Å². The SMILES string of the molecule is O=C(NCC1(O)CCC1)C1CCCN1C1CCNCC1. The molecule has 1 atom stereocenters. The maximum absolute atomic E-state index is 12.4. The minimum Gasteiger partial charge on any atom is -0.388 e. The molecule has 2 heterocycles. The predicted molar refractivity (Wildman–Crippen MR) is 77.4 cm³/mol. The van der Waals surface area contributed by atoms with Crippen LogP contribution in [0.4, 0.5) is 0 Å². The van der Waals surface area contributed by atoms with Gasteiger partial charge in [-0.15, -0.1) is 0 Å². The maximum atomic E-state index is 12.4. The van der Waals surface area contributed by atoms with Crippen molar-refractivity contribution in [2.24, 2.45) is 0 Å². The fraction of sp³-hybridized carbons (Fsp3) is 0.933. The largest absolute Gasteiger partial charge is 0.388 e. The molecule has 0 bridgehead atoms. The molecule has 0 aromatic heterocycles. The van der Waals surface area contributed by atoms with Gasteiger partial charge in [0.25, 0.3) is 0 Å². The molecule has 1 saturated carbocycles. The number of amides is 1. The van der Waals surface area contributed by atoms with Gasteiger partial charge in [0.15, 0.2) is 0 Å². The van der Waals surface area contributed by atoms with E-state index in [1.165, 1.54) is 0 Å². The fourth-order valence-corrected chi connectivity index (χ4v) is 3.78. The molecule has 5 heteroatoms. The number of hydrogen-bond donors (Lipinski definition) is 3. The molecule has 1 unspecified atom stereocenters. The van der Waals surface area contributed by atoms with Crippen molar-refractivity contribution < 1.29 is 9.90 Å². The summed E-state index contributed by atoms with van der Waals surface area (Å²) in [6.07, 6.45) is 7.12. The topological polar surface area (TPSA) is 64.6 Å². The Morgan fingerprint density at radius 3 is 2.65 bits per heavy atom. The first-order valence-electron chi connectivity index (χ1n) is 8.15. The molecule has 0 aromatic carbocycles. The third kappa shape index (κ3) is 3.00. The molecule has 1 amide bonds.